The number of carbonyl (C=O) groups is 2. The van der Waals surface area contributed by atoms with Crippen molar-refractivity contribution in [1.29, 1.82) is 0 Å². The molecule has 2 heterocycles. The Bertz CT molecular complexity index is 1300. The second kappa shape index (κ2) is 12.4. The number of pyridine rings is 1. The van der Waals surface area contributed by atoms with Crippen molar-refractivity contribution in [3.8, 4) is 22.4 Å². The Morgan fingerprint density at radius 3 is 2.53 bits per heavy atom. The van der Waals surface area contributed by atoms with E-state index >= 15 is 0 Å². The van der Waals surface area contributed by atoms with Crippen molar-refractivity contribution < 1.29 is 14.7 Å². The summed E-state index contributed by atoms with van der Waals surface area (Å²) < 4.78 is 1.87. The van der Waals surface area contributed by atoms with Crippen LogP contribution in [0.15, 0.2) is 79.3 Å². The predicted octanol–water partition coefficient (Wildman–Crippen LogP) is 5.09. The maximum absolute atomic E-state index is 12.8. The van der Waals surface area contributed by atoms with Crippen molar-refractivity contribution in [1.82, 2.24) is 25.3 Å². The quantitative estimate of drug-likeness (QED) is 0.272. The maximum Gasteiger partial charge on any atom is 0.335 e. The van der Waals surface area contributed by atoms with Gasteiger partial charge in [0.25, 0.3) is 5.91 Å². The zero-order valence-corrected chi connectivity index (χ0v) is 20.0. The normalized spacial score (nSPS) is 10.8. The number of hydrogen-bond donors (Lipinski definition) is 2. The summed E-state index contributed by atoms with van der Waals surface area (Å²) in [6, 6.07) is 17.8. The van der Waals surface area contributed by atoms with Gasteiger partial charge in [-0.15, -0.1) is 5.10 Å². The van der Waals surface area contributed by atoms with Crippen LogP contribution in [0.2, 0.25) is 0 Å². The van der Waals surface area contributed by atoms with Crippen molar-refractivity contribution in [3.05, 3.63) is 90.4 Å². The van der Waals surface area contributed by atoms with E-state index in [9.17, 15) is 14.7 Å². The molecule has 0 radical (unpaired) electrons. The number of carbonyl (C=O) groups excluding carboxylic acids is 1. The SMILES string of the molecule is O=C(O)c1cccc(-c2ccccc2C(=O)NCCCCCCCn2cc(-c3cccnc3)nn2)c1. The highest BCUT2D eigenvalue weighted by molar-refractivity contribution is 6.01. The summed E-state index contributed by atoms with van der Waals surface area (Å²) in [5.41, 5.74) is 3.95. The molecule has 2 aromatic heterocycles. The van der Waals surface area contributed by atoms with E-state index in [2.05, 4.69) is 20.6 Å². The van der Waals surface area contributed by atoms with Gasteiger partial charge in [0.1, 0.15) is 5.69 Å². The Hall–Kier alpha value is -4.33. The van der Waals surface area contributed by atoms with Crippen molar-refractivity contribution in [2.45, 2.75) is 38.6 Å². The Morgan fingerprint density at radius 2 is 1.69 bits per heavy atom. The first-order valence-corrected chi connectivity index (χ1v) is 12.1. The van der Waals surface area contributed by atoms with Crippen LogP contribution in [-0.2, 0) is 6.54 Å². The molecule has 2 N–H and O–H groups in total. The van der Waals surface area contributed by atoms with Crippen molar-refractivity contribution in [3.63, 3.8) is 0 Å². The summed E-state index contributed by atoms with van der Waals surface area (Å²) in [7, 11) is 0. The molecule has 0 aliphatic heterocycles. The van der Waals surface area contributed by atoms with Crippen LogP contribution in [0.3, 0.4) is 0 Å². The third-order valence-electron chi connectivity index (χ3n) is 5.94. The van der Waals surface area contributed by atoms with Crippen LogP contribution in [0.5, 0.6) is 0 Å². The molecule has 0 aliphatic rings. The number of carboxylic acid groups (broad SMARTS) is 1. The van der Waals surface area contributed by atoms with Gasteiger partial charge >= 0.3 is 5.97 Å². The number of aromatic carboxylic acids is 1. The van der Waals surface area contributed by atoms with E-state index in [0.717, 1.165) is 55.5 Å². The fourth-order valence-corrected chi connectivity index (χ4v) is 4.03. The monoisotopic (exact) mass is 483 g/mol. The lowest BCUT2D eigenvalue weighted by Gasteiger charge is -2.11. The van der Waals surface area contributed by atoms with Gasteiger partial charge in [-0.2, -0.15) is 0 Å². The molecule has 0 fully saturated rings. The molecule has 184 valence electrons. The van der Waals surface area contributed by atoms with Gasteiger partial charge in [-0.25, -0.2) is 4.79 Å². The molecule has 0 unspecified atom stereocenters. The molecule has 0 saturated heterocycles. The minimum absolute atomic E-state index is 0.151. The minimum atomic E-state index is -0.991. The molecule has 8 nitrogen and oxygen atoms in total. The number of nitrogens with zero attached hydrogens (tertiary/aromatic N) is 4. The van der Waals surface area contributed by atoms with Gasteiger partial charge in [0.05, 0.1) is 11.8 Å². The second-order valence-corrected chi connectivity index (χ2v) is 8.56. The van der Waals surface area contributed by atoms with E-state index < -0.39 is 5.97 Å². The number of unbranched alkanes of at least 4 members (excludes halogenated alkanes) is 4. The molecule has 36 heavy (non-hydrogen) atoms. The van der Waals surface area contributed by atoms with Crippen LogP contribution in [-0.4, -0.2) is 43.5 Å². The molecule has 2 aromatic carbocycles. The van der Waals surface area contributed by atoms with Crippen molar-refractivity contribution in [2.75, 3.05) is 6.54 Å². The second-order valence-electron chi connectivity index (χ2n) is 8.56. The fourth-order valence-electron chi connectivity index (χ4n) is 4.03. The minimum Gasteiger partial charge on any atom is -0.478 e. The highest BCUT2D eigenvalue weighted by Crippen LogP contribution is 2.25. The standard InChI is InChI=1S/C28H29N5O3/c34-27(25-14-5-4-13-24(25)21-10-8-11-22(18-21)28(35)36)30-16-6-2-1-3-7-17-33-20-26(31-32-33)23-12-9-15-29-19-23/h4-5,8-15,18-20H,1-3,6-7,16-17H2,(H,30,34)(H,35,36). The van der Waals surface area contributed by atoms with Crippen LogP contribution in [0, 0.1) is 0 Å². The van der Waals surface area contributed by atoms with Crippen LogP contribution < -0.4 is 5.32 Å². The van der Waals surface area contributed by atoms with Gasteiger partial charge in [0.15, 0.2) is 0 Å². The number of nitrogens with one attached hydrogen (secondary N) is 1. The zero-order valence-electron chi connectivity index (χ0n) is 20.0. The third-order valence-corrected chi connectivity index (χ3v) is 5.94. The predicted molar refractivity (Wildman–Crippen MR) is 138 cm³/mol. The summed E-state index contributed by atoms with van der Waals surface area (Å²) >= 11 is 0. The van der Waals surface area contributed by atoms with Gasteiger partial charge in [-0.3, -0.25) is 14.5 Å². The Labute approximate surface area is 210 Å². The zero-order chi connectivity index (χ0) is 25.2. The molecule has 4 aromatic rings. The lowest BCUT2D eigenvalue weighted by molar-refractivity contribution is 0.0696. The number of rotatable bonds is 12. The van der Waals surface area contributed by atoms with E-state index in [1.807, 2.05) is 47.3 Å². The van der Waals surface area contributed by atoms with Crippen molar-refractivity contribution in [2.24, 2.45) is 0 Å². The first kappa shape index (κ1) is 24.8. The van der Waals surface area contributed by atoms with Gasteiger partial charge < -0.3 is 10.4 Å². The molecule has 0 spiro atoms. The lowest BCUT2D eigenvalue weighted by atomic mass is 9.97. The molecular weight excluding hydrogens is 454 g/mol. The summed E-state index contributed by atoms with van der Waals surface area (Å²) in [6.07, 6.45) is 10.6. The van der Waals surface area contributed by atoms with Gasteiger partial charge in [0, 0.05) is 36.6 Å². The highest BCUT2D eigenvalue weighted by Gasteiger charge is 2.13. The highest BCUT2D eigenvalue weighted by atomic mass is 16.4. The third kappa shape index (κ3) is 6.63. The first-order valence-electron chi connectivity index (χ1n) is 12.1. The number of hydrogen-bond acceptors (Lipinski definition) is 5. The molecule has 1 amide bonds. The molecule has 0 aliphatic carbocycles. The molecular formula is C28H29N5O3. The summed E-state index contributed by atoms with van der Waals surface area (Å²) in [5.74, 6) is -1.14. The van der Waals surface area contributed by atoms with Crippen molar-refractivity contribution >= 4 is 11.9 Å². The molecule has 4 rings (SSSR count). The largest absolute Gasteiger partial charge is 0.478 e. The summed E-state index contributed by atoms with van der Waals surface area (Å²) in [5, 5.41) is 20.7. The number of aryl methyl sites for hydroxylation is 1. The summed E-state index contributed by atoms with van der Waals surface area (Å²) in [4.78, 5) is 28.2. The molecule has 8 heteroatoms. The summed E-state index contributed by atoms with van der Waals surface area (Å²) in [6.45, 7) is 1.42. The number of benzene rings is 2. The van der Waals surface area contributed by atoms with Crippen LogP contribution >= 0.6 is 0 Å². The van der Waals surface area contributed by atoms with E-state index in [-0.39, 0.29) is 11.5 Å². The van der Waals surface area contributed by atoms with Gasteiger partial charge in [0.2, 0.25) is 0 Å². The van der Waals surface area contributed by atoms with Gasteiger partial charge in [-0.05, 0) is 54.3 Å². The van der Waals surface area contributed by atoms with E-state index in [0.29, 0.717) is 17.7 Å². The van der Waals surface area contributed by atoms with Crippen LogP contribution in [0.1, 0.15) is 52.8 Å². The number of carboxylic acids is 1. The number of aromatic nitrogens is 4. The van der Waals surface area contributed by atoms with E-state index in [4.69, 9.17) is 0 Å². The maximum atomic E-state index is 12.8. The topological polar surface area (TPSA) is 110 Å². The average Bonchev–Trinajstić information content (AvgIpc) is 3.39. The smallest absolute Gasteiger partial charge is 0.335 e. The Kier molecular flexibility index (Phi) is 8.53. The van der Waals surface area contributed by atoms with E-state index in [1.165, 1.54) is 0 Å². The molecule has 0 atom stereocenters. The van der Waals surface area contributed by atoms with Crippen LogP contribution in [0.25, 0.3) is 22.4 Å². The molecule has 0 bridgehead atoms. The van der Waals surface area contributed by atoms with E-state index in [1.54, 1.807) is 36.7 Å². The average molecular weight is 484 g/mol. The fraction of sp³-hybridized carbons (Fsp3) is 0.250. The number of amides is 1. The molecule has 0 saturated carbocycles. The van der Waals surface area contributed by atoms with Crippen LogP contribution in [0.4, 0.5) is 0 Å². The first-order chi connectivity index (χ1) is 17.6. The Morgan fingerprint density at radius 1 is 0.889 bits per heavy atom. The Balaban J connectivity index is 1.17. The van der Waals surface area contributed by atoms with Gasteiger partial charge in [-0.1, -0.05) is 54.8 Å². The lowest BCUT2D eigenvalue weighted by Crippen LogP contribution is -2.25.